The maximum absolute atomic E-state index is 4.27. The van der Waals surface area contributed by atoms with Gasteiger partial charge >= 0.3 is 0 Å². The molecule has 1 aromatic heterocycles. The molecule has 2 heterocycles. The van der Waals surface area contributed by atoms with E-state index in [0.29, 0.717) is 12.1 Å². The molecule has 72 valence electrons. The second kappa shape index (κ2) is 3.10. The molecule has 2 unspecified atom stereocenters. The van der Waals surface area contributed by atoms with Crippen LogP contribution in [0, 0.1) is 0 Å². The van der Waals surface area contributed by atoms with E-state index in [1.54, 1.807) is 4.80 Å². The van der Waals surface area contributed by atoms with E-state index in [1.165, 1.54) is 6.42 Å². The summed E-state index contributed by atoms with van der Waals surface area (Å²) >= 11 is 0. The summed E-state index contributed by atoms with van der Waals surface area (Å²) in [7, 11) is 1.85. The molecular weight excluding hydrogens is 164 g/mol. The summed E-state index contributed by atoms with van der Waals surface area (Å²) < 4.78 is 0. The number of rotatable bonds is 2. The van der Waals surface area contributed by atoms with E-state index in [0.717, 1.165) is 12.2 Å². The van der Waals surface area contributed by atoms with Gasteiger partial charge in [0.25, 0.3) is 0 Å². The highest BCUT2D eigenvalue weighted by Crippen LogP contribution is 2.26. The second-order valence-corrected chi connectivity index (χ2v) is 3.93. The van der Waals surface area contributed by atoms with Gasteiger partial charge in [0, 0.05) is 25.7 Å². The van der Waals surface area contributed by atoms with Gasteiger partial charge in [0.05, 0.1) is 11.9 Å². The maximum atomic E-state index is 4.27. The quantitative estimate of drug-likeness (QED) is 0.675. The number of aryl methyl sites for hydroxylation is 1. The van der Waals surface area contributed by atoms with Crippen molar-refractivity contribution in [2.75, 3.05) is 0 Å². The monoisotopic (exact) mass is 180 g/mol. The van der Waals surface area contributed by atoms with Crippen LogP contribution in [0.4, 0.5) is 0 Å². The minimum absolute atomic E-state index is 0.706. The van der Waals surface area contributed by atoms with Crippen molar-refractivity contribution >= 4 is 0 Å². The molecule has 1 aromatic rings. The number of hydrogen-bond donors (Lipinski definition) is 0. The first-order chi connectivity index (χ1) is 6.16. The lowest BCUT2D eigenvalue weighted by Gasteiger charge is -2.45. The zero-order valence-electron chi connectivity index (χ0n) is 8.44. The van der Waals surface area contributed by atoms with Crippen molar-refractivity contribution in [1.82, 2.24) is 19.9 Å². The first kappa shape index (κ1) is 8.69. The lowest BCUT2D eigenvalue weighted by atomic mass is 9.96. The molecule has 2 atom stereocenters. The minimum atomic E-state index is 0.706. The maximum Gasteiger partial charge on any atom is 0.0967 e. The highest BCUT2D eigenvalue weighted by molar-refractivity contribution is 4.96. The van der Waals surface area contributed by atoms with Gasteiger partial charge in [-0.2, -0.15) is 15.0 Å². The van der Waals surface area contributed by atoms with E-state index in [9.17, 15) is 0 Å². The molecule has 1 fully saturated rings. The average Bonchev–Trinajstić information content (AvgIpc) is 2.48. The lowest BCUT2D eigenvalue weighted by molar-refractivity contribution is 0.0282. The normalized spacial score (nSPS) is 28.8. The highest BCUT2D eigenvalue weighted by Gasteiger charge is 2.31. The molecule has 1 saturated heterocycles. The Bertz CT molecular complexity index is 286. The lowest BCUT2D eigenvalue weighted by Crippen LogP contribution is -2.51. The van der Waals surface area contributed by atoms with Crippen LogP contribution in [0.2, 0.25) is 0 Å². The van der Waals surface area contributed by atoms with Crippen LogP contribution < -0.4 is 0 Å². The van der Waals surface area contributed by atoms with Gasteiger partial charge in [0.2, 0.25) is 0 Å². The fourth-order valence-corrected chi connectivity index (χ4v) is 2.02. The molecule has 0 aliphatic carbocycles. The Kier molecular flexibility index (Phi) is 2.07. The number of nitrogens with zero attached hydrogens (tertiary/aromatic N) is 4. The molecule has 0 saturated carbocycles. The van der Waals surface area contributed by atoms with Gasteiger partial charge in [-0.1, -0.05) is 0 Å². The Morgan fingerprint density at radius 2 is 2.15 bits per heavy atom. The first-order valence-electron chi connectivity index (χ1n) is 4.78. The van der Waals surface area contributed by atoms with Crippen LogP contribution >= 0.6 is 0 Å². The molecule has 0 amide bonds. The SMILES string of the molecule is CC1CC(C)N1Cc1cnn(C)n1. The summed E-state index contributed by atoms with van der Waals surface area (Å²) in [5.74, 6) is 0. The fourth-order valence-electron chi connectivity index (χ4n) is 2.02. The summed E-state index contributed by atoms with van der Waals surface area (Å²) in [5.41, 5.74) is 1.07. The Labute approximate surface area is 78.5 Å². The average molecular weight is 180 g/mol. The van der Waals surface area contributed by atoms with Crippen molar-refractivity contribution in [2.45, 2.75) is 38.9 Å². The second-order valence-electron chi connectivity index (χ2n) is 3.93. The largest absolute Gasteiger partial charge is 0.292 e. The van der Waals surface area contributed by atoms with Crippen LogP contribution in [0.3, 0.4) is 0 Å². The molecule has 0 radical (unpaired) electrons. The standard InChI is InChI=1S/C9H16N4/c1-7-4-8(2)13(7)6-9-5-10-12(3)11-9/h5,7-8H,4,6H2,1-3H3. The predicted molar refractivity (Wildman–Crippen MR) is 50.1 cm³/mol. The summed E-state index contributed by atoms with van der Waals surface area (Å²) in [5, 5.41) is 8.32. The van der Waals surface area contributed by atoms with Gasteiger partial charge in [-0.3, -0.25) is 4.90 Å². The van der Waals surface area contributed by atoms with Crippen LogP contribution in [0.1, 0.15) is 26.0 Å². The number of hydrogen-bond acceptors (Lipinski definition) is 3. The number of likely N-dealkylation sites (tertiary alicyclic amines) is 1. The molecule has 2 rings (SSSR count). The minimum Gasteiger partial charge on any atom is -0.292 e. The molecule has 0 N–H and O–H groups in total. The zero-order valence-corrected chi connectivity index (χ0v) is 8.44. The third-order valence-electron chi connectivity index (χ3n) is 2.81. The molecule has 0 spiro atoms. The predicted octanol–water partition coefficient (Wildman–Crippen LogP) is 0.798. The van der Waals surface area contributed by atoms with E-state index in [2.05, 4.69) is 28.9 Å². The third-order valence-corrected chi connectivity index (χ3v) is 2.81. The number of aromatic nitrogens is 3. The highest BCUT2D eigenvalue weighted by atomic mass is 15.5. The topological polar surface area (TPSA) is 34.0 Å². The molecule has 0 aromatic carbocycles. The van der Waals surface area contributed by atoms with Gasteiger partial charge in [0.1, 0.15) is 0 Å². The smallest absolute Gasteiger partial charge is 0.0967 e. The molecular formula is C9H16N4. The van der Waals surface area contributed by atoms with Crippen molar-refractivity contribution in [3.8, 4) is 0 Å². The van der Waals surface area contributed by atoms with E-state index >= 15 is 0 Å². The van der Waals surface area contributed by atoms with E-state index < -0.39 is 0 Å². The zero-order chi connectivity index (χ0) is 9.42. The van der Waals surface area contributed by atoms with E-state index in [4.69, 9.17) is 0 Å². The van der Waals surface area contributed by atoms with Gasteiger partial charge in [0.15, 0.2) is 0 Å². The van der Waals surface area contributed by atoms with Gasteiger partial charge < -0.3 is 0 Å². The Morgan fingerprint density at radius 3 is 2.62 bits per heavy atom. The van der Waals surface area contributed by atoms with Crippen LogP contribution in [0.15, 0.2) is 6.20 Å². The van der Waals surface area contributed by atoms with Crippen molar-refractivity contribution < 1.29 is 0 Å². The molecule has 4 heteroatoms. The molecule has 0 bridgehead atoms. The summed E-state index contributed by atoms with van der Waals surface area (Å²) in [6, 6.07) is 1.41. The van der Waals surface area contributed by atoms with Crippen LogP contribution in [0.25, 0.3) is 0 Å². The Balaban J connectivity index is 1.98. The molecule has 4 nitrogen and oxygen atoms in total. The van der Waals surface area contributed by atoms with Crippen molar-refractivity contribution in [3.63, 3.8) is 0 Å². The van der Waals surface area contributed by atoms with Crippen molar-refractivity contribution in [2.24, 2.45) is 7.05 Å². The summed E-state index contributed by atoms with van der Waals surface area (Å²) in [6.07, 6.45) is 3.15. The Hall–Kier alpha value is -0.900. The third kappa shape index (κ3) is 1.58. The van der Waals surface area contributed by atoms with Crippen LogP contribution in [0.5, 0.6) is 0 Å². The van der Waals surface area contributed by atoms with Crippen molar-refractivity contribution in [1.29, 1.82) is 0 Å². The first-order valence-corrected chi connectivity index (χ1v) is 4.78. The van der Waals surface area contributed by atoms with Crippen molar-refractivity contribution in [3.05, 3.63) is 11.9 Å². The molecule has 13 heavy (non-hydrogen) atoms. The fraction of sp³-hybridized carbons (Fsp3) is 0.778. The molecule has 1 aliphatic heterocycles. The van der Waals surface area contributed by atoms with Gasteiger partial charge in [-0.05, 0) is 20.3 Å². The van der Waals surface area contributed by atoms with Crippen LogP contribution in [-0.4, -0.2) is 32.0 Å². The van der Waals surface area contributed by atoms with Gasteiger partial charge in [-0.15, -0.1) is 0 Å². The summed E-state index contributed by atoms with van der Waals surface area (Å²) in [4.78, 5) is 4.06. The molecule has 1 aliphatic rings. The Morgan fingerprint density at radius 1 is 1.46 bits per heavy atom. The van der Waals surface area contributed by atoms with E-state index in [-0.39, 0.29) is 0 Å². The van der Waals surface area contributed by atoms with E-state index in [1.807, 2.05) is 13.2 Å². The summed E-state index contributed by atoms with van der Waals surface area (Å²) in [6.45, 7) is 5.46. The van der Waals surface area contributed by atoms with Crippen LogP contribution in [-0.2, 0) is 13.6 Å². The van der Waals surface area contributed by atoms with Gasteiger partial charge in [-0.25, -0.2) is 0 Å².